The fraction of sp³-hybridized carbons (Fsp3) is 0.520. The lowest BCUT2D eigenvalue weighted by Crippen LogP contribution is -2.19. The van der Waals surface area contributed by atoms with Crippen LogP contribution >= 0.6 is 0 Å². The zero-order valence-electron chi connectivity index (χ0n) is 18.2. The van der Waals surface area contributed by atoms with Crippen molar-refractivity contribution in [3.8, 4) is 0 Å². The zero-order valence-corrected chi connectivity index (χ0v) is 18.2. The number of carboxylic acids is 1. The third kappa shape index (κ3) is 8.77. The number of carboxylic acid groups (broad SMARTS) is 1. The molecule has 3 N–H and O–H groups in total. The van der Waals surface area contributed by atoms with Crippen LogP contribution in [0.4, 0.5) is 0 Å². The van der Waals surface area contributed by atoms with E-state index in [9.17, 15) is 19.8 Å². The number of aliphatic hydroxyl groups excluding tert-OH is 2. The van der Waals surface area contributed by atoms with Crippen molar-refractivity contribution < 1.29 is 29.6 Å². The maximum absolute atomic E-state index is 12.3. The van der Waals surface area contributed by atoms with Crippen molar-refractivity contribution in [3.63, 3.8) is 0 Å². The fourth-order valence-corrected chi connectivity index (χ4v) is 3.96. The minimum Gasteiger partial charge on any atom is -0.481 e. The van der Waals surface area contributed by atoms with Gasteiger partial charge in [0.1, 0.15) is 5.78 Å². The Morgan fingerprint density at radius 1 is 1.29 bits per heavy atom. The predicted molar refractivity (Wildman–Crippen MR) is 119 cm³/mol. The summed E-state index contributed by atoms with van der Waals surface area (Å²) in [6.07, 6.45) is 9.07. The molecule has 31 heavy (non-hydrogen) atoms. The first kappa shape index (κ1) is 25.0. The average Bonchev–Trinajstić information content (AvgIpc) is 2.99. The van der Waals surface area contributed by atoms with Crippen LogP contribution in [0.3, 0.4) is 0 Å². The van der Waals surface area contributed by atoms with Gasteiger partial charge in [0, 0.05) is 38.2 Å². The van der Waals surface area contributed by atoms with Gasteiger partial charge in [-0.1, -0.05) is 48.6 Å². The number of carbonyl (C=O) groups excluding carboxylic acids is 1. The van der Waals surface area contributed by atoms with Crippen LogP contribution in [0.2, 0.25) is 0 Å². The zero-order chi connectivity index (χ0) is 22.6. The Morgan fingerprint density at radius 3 is 2.81 bits per heavy atom. The molecule has 0 aliphatic heterocycles. The lowest BCUT2D eigenvalue weighted by Gasteiger charge is -2.17. The van der Waals surface area contributed by atoms with Crippen LogP contribution in [0.25, 0.3) is 0 Å². The van der Waals surface area contributed by atoms with Crippen LogP contribution < -0.4 is 0 Å². The summed E-state index contributed by atoms with van der Waals surface area (Å²) in [5.74, 6) is -1.42. The summed E-state index contributed by atoms with van der Waals surface area (Å²) in [6, 6.07) is 8.03. The number of hydrogen-bond acceptors (Lipinski definition) is 5. The van der Waals surface area contributed by atoms with Crippen LogP contribution in [0.15, 0.2) is 48.6 Å². The van der Waals surface area contributed by atoms with Crippen molar-refractivity contribution in [2.45, 2.75) is 57.2 Å². The number of Topliss-reactive ketones (excluding diaryl/α,β-unsaturated/α-hetero) is 1. The highest BCUT2D eigenvalue weighted by atomic mass is 16.5. The SMILES string of the molecule is COCCc1cccc(CC(O)/C=C/[C@H]2[C@H](O)CC(=O)[C@@H]2C/C=C\CCCC(=O)O)c1. The van der Waals surface area contributed by atoms with Crippen molar-refractivity contribution in [2.75, 3.05) is 13.7 Å². The van der Waals surface area contributed by atoms with Crippen molar-refractivity contribution in [1.29, 1.82) is 0 Å². The third-order valence-electron chi connectivity index (χ3n) is 5.64. The Labute approximate surface area is 184 Å². The number of rotatable bonds is 13. The summed E-state index contributed by atoms with van der Waals surface area (Å²) >= 11 is 0. The number of ether oxygens (including phenoxy) is 1. The molecule has 0 aromatic heterocycles. The first-order valence-electron chi connectivity index (χ1n) is 10.9. The fourth-order valence-electron chi connectivity index (χ4n) is 3.96. The monoisotopic (exact) mass is 430 g/mol. The second kappa shape index (κ2) is 13.2. The maximum atomic E-state index is 12.3. The number of carbonyl (C=O) groups is 2. The first-order chi connectivity index (χ1) is 14.9. The van der Waals surface area contributed by atoms with Gasteiger partial charge in [-0.05, 0) is 36.8 Å². The number of ketones is 1. The summed E-state index contributed by atoms with van der Waals surface area (Å²) in [4.78, 5) is 22.8. The molecule has 0 radical (unpaired) electrons. The second-order valence-corrected chi connectivity index (χ2v) is 8.13. The Balaban J connectivity index is 1.90. The van der Waals surface area contributed by atoms with E-state index in [1.54, 1.807) is 19.3 Å². The number of hydrogen-bond donors (Lipinski definition) is 3. The maximum Gasteiger partial charge on any atom is 0.303 e. The number of aliphatic carboxylic acids is 1. The topological polar surface area (TPSA) is 104 Å². The molecule has 170 valence electrons. The molecular weight excluding hydrogens is 396 g/mol. The summed E-state index contributed by atoms with van der Waals surface area (Å²) in [6.45, 7) is 0.648. The van der Waals surface area contributed by atoms with Gasteiger partial charge < -0.3 is 20.1 Å². The quantitative estimate of drug-likeness (QED) is 0.328. The molecule has 1 aliphatic carbocycles. The predicted octanol–water partition coefficient (Wildman–Crippen LogP) is 3.10. The van der Waals surface area contributed by atoms with Crippen molar-refractivity contribution in [2.24, 2.45) is 11.8 Å². The highest BCUT2D eigenvalue weighted by Crippen LogP contribution is 2.33. The average molecular weight is 431 g/mol. The molecule has 0 amide bonds. The van der Waals surface area contributed by atoms with Gasteiger partial charge in [-0.2, -0.15) is 0 Å². The first-order valence-corrected chi connectivity index (χ1v) is 10.9. The van der Waals surface area contributed by atoms with Gasteiger partial charge >= 0.3 is 5.97 Å². The molecule has 0 saturated heterocycles. The van der Waals surface area contributed by atoms with E-state index in [-0.39, 0.29) is 30.5 Å². The minimum atomic E-state index is -0.812. The van der Waals surface area contributed by atoms with Crippen molar-refractivity contribution in [1.82, 2.24) is 0 Å². The molecule has 0 bridgehead atoms. The van der Waals surface area contributed by atoms with E-state index >= 15 is 0 Å². The van der Waals surface area contributed by atoms with Crippen LogP contribution in [0, 0.1) is 11.8 Å². The summed E-state index contributed by atoms with van der Waals surface area (Å²) in [5, 5.41) is 29.4. The number of aliphatic hydroxyl groups is 2. The Hall–Kier alpha value is -2.28. The van der Waals surface area contributed by atoms with Gasteiger partial charge in [-0.3, -0.25) is 9.59 Å². The molecule has 1 fully saturated rings. The molecule has 6 heteroatoms. The lowest BCUT2D eigenvalue weighted by molar-refractivity contribution is -0.137. The van der Waals surface area contributed by atoms with Gasteiger partial charge in [0.05, 0.1) is 18.8 Å². The molecule has 1 saturated carbocycles. The van der Waals surface area contributed by atoms with Crippen LogP contribution in [0.5, 0.6) is 0 Å². The summed E-state index contributed by atoms with van der Waals surface area (Å²) in [7, 11) is 1.67. The molecule has 1 aliphatic rings. The van der Waals surface area contributed by atoms with E-state index < -0.39 is 18.2 Å². The van der Waals surface area contributed by atoms with Crippen molar-refractivity contribution >= 4 is 11.8 Å². The van der Waals surface area contributed by atoms with Gasteiger partial charge in [0.25, 0.3) is 0 Å². The minimum absolute atomic E-state index is 0.0256. The summed E-state index contributed by atoms with van der Waals surface area (Å²) < 4.78 is 5.11. The standard InChI is InChI=1S/C25H34O6/c1-31-14-13-18-7-6-8-19(15-18)16-20(26)11-12-22-21(23(27)17-24(22)28)9-4-2-3-5-10-25(29)30/h2,4,6-8,11-12,15,20-22,24,26,28H,3,5,9-10,13-14,16-17H2,1H3,(H,29,30)/b4-2-,12-11+/t20?,21-,22-,24-/m1/s1. The molecule has 2 rings (SSSR count). The normalized spacial score (nSPS) is 22.5. The number of benzene rings is 1. The second-order valence-electron chi connectivity index (χ2n) is 8.13. The number of allylic oxidation sites excluding steroid dienone is 2. The van der Waals surface area contributed by atoms with Gasteiger partial charge in [-0.15, -0.1) is 0 Å². The van der Waals surface area contributed by atoms with Gasteiger partial charge in [0.15, 0.2) is 0 Å². The van der Waals surface area contributed by atoms with E-state index in [4.69, 9.17) is 9.84 Å². The highest BCUT2D eigenvalue weighted by Gasteiger charge is 2.39. The lowest BCUT2D eigenvalue weighted by atomic mass is 9.90. The van der Waals surface area contributed by atoms with E-state index in [1.165, 1.54) is 0 Å². The molecule has 1 unspecified atom stereocenters. The van der Waals surface area contributed by atoms with Crippen LogP contribution in [-0.4, -0.2) is 53.0 Å². The highest BCUT2D eigenvalue weighted by molar-refractivity contribution is 5.84. The van der Waals surface area contributed by atoms with E-state index in [0.717, 1.165) is 17.5 Å². The van der Waals surface area contributed by atoms with E-state index in [0.29, 0.717) is 32.3 Å². The van der Waals surface area contributed by atoms with Crippen molar-refractivity contribution in [3.05, 3.63) is 59.7 Å². The Morgan fingerprint density at radius 2 is 2.06 bits per heavy atom. The third-order valence-corrected chi connectivity index (χ3v) is 5.64. The van der Waals surface area contributed by atoms with Gasteiger partial charge in [-0.25, -0.2) is 0 Å². The Kier molecular flexibility index (Phi) is 10.6. The molecule has 6 nitrogen and oxygen atoms in total. The molecule has 1 aromatic carbocycles. The van der Waals surface area contributed by atoms with Crippen LogP contribution in [-0.2, 0) is 27.2 Å². The smallest absolute Gasteiger partial charge is 0.303 e. The molecule has 1 aromatic rings. The van der Waals surface area contributed by atoms with Gasteiger partial charge in [0.2, 0.25) is 0 Å². The Bertz CT molecular complexity index is 769. The van der Waals surface area contributed by atoms with E-state index in [2.05, 4.69) is 6.07 Å². The summed E-state index contributed by atoms with van der Waals surface area (Å²) in [5.41, 5.74) is 2.18. The van der Waals surface area contributed by atoms with Crippen LogP contribution in [0.1, 0.15) is 43.2 Å². The van der Waals surface area contributed by atoms with E-state index in [1.807, 2.05) is 30.4 Å². The molecule has 4 atom stereocenters. The number of methoxy groups -OCH3 is 1. The molecular formula is C25H34O6. The number of unbranched alkanes of at least 4 members (excludes halogenated alkanes) is 1. The largest absolute Gasteiger partial charge is 0.481 e. The molecule has 0 spiro atoms. The molecule has 0 heterocycles.